The van der Waals surface area contributed by atoms with Crippen LogP contribution in [0.15, 0.2) is 103 Å². The first-order valence-corrected chi connectivity index (χ1v) is 12.5. The van der Waals surface area contributed by atoms with Crippen molar-refractivity contribution >= 4 is 28.5 Å². The topological polar surface area (TPSA) is 83.6 Å². The van der Waals surface area contributed by atoms with Crippen molar-refractivity contribution in [3.63, 3.8) is 0 Å². The number of aryl methyl sites for hydroxylation is 1. The van der Waals surface area contributed by atoms with Gasteiger partial charge in [-0.3, -0.25) is 10.1 Å². The van der Waals surface area contributed by atoms with E-state index in [2.05, 4.69) is 41.5 Å². The number of thiazole rings is 1. The number of aromatic nitrogens is 3. The number of carbonyl (C=O) groups is 1. The molecule has 5 aromatic rings. The number of amides is 1. The lowest BCUT2D eigenvalue weighted by Gasteiger charge is -2.01. The van der Waals surface area contributed by atoms with Crippen molar-refractivity contribution in [3.05, 3.63) is 124 Å². The van der Waals surface area contributed by atoms with Gasteiger partial charge in [0.25, 0.3) is 5.91 Å². The van der Waals surface area contributed by atoms with Crippen molar-refractivity contribution in [3.8, 4) is 23.0 Å². The van der Waals surface area contributed by atoms with E-state index in [4.69, 9.17) is 5.10 Å². The summed E-state index contributed by atoms with van der Waals surface area (Å²) in [6.07, 6.45) is 5.89. The molecule has 5 rings (SSSR count). The van der Waals surface area contributed by atoms with Gasteiger partial charge >= 0.3 is 0 Å². The molecule has 3 aromatic carbocycles. The van der Waals surface area contributed by atoms with Gasteiger partial charge in [0.1, 0.15) is 11.6 Å². The zero-order valence-corrected chi connectivity index (χ0v) is 20.9. The van der Waals surface area contributed by atoms with Gasteiger partial charge in [-0.1, -0.05) is 78.4 Å². The van der Waals surface area contributed by atoms with E-state index >= 15 is 0 Å². The molecule has 37 heavy (non-hydrogen) atoms. The molecule has 0 radical (unpaired) electrons. The lowest BCUT2D eigenvalue weighted by Crippen LogP contribution is -2.13. The molecule has 0 fully saturated rings. The summed E-state index contributed by atoms with van der Waals surface area (Å²) < 4.78 is 1.75. The second-order valence-electron chi connectivity index (χ2n) is 8.50. The number of nitriles is 1. The van der Waals surface area contributed by atoms with Crippen LogP contribution >= 0.6 is 11.3 Å². The van der Waals surface area contributed by atoms with E-state index in [1.165, 1.54) is 22.5 Å². The highest BCUT2D eigenvalue weighted by Crippen LogP contribution is 2.27. The monoisotopic (exact) mass is 501 g/mol. The fraction of sp³-hybridized carbons (Fsp3) is 0.0667. The van der Waals surface area contributed by atoms with Crippen LogP contribution in [0.4, 0.5) is 5.13 Å². The van der Waals surface area contributed by atoms with Gasteiger partial charge < -0.3 is 0 Å². The molecule has 1 amide bonds. The maximum absolute atomic E-state index is 13.0. The minimum atomic E-state index is -0.509. The summed E-state index contributed by atoms with van der Waals surface area (Å²) in [6, 6.07) is 29.8. The third kappa shape index (κ3) is 5.72. The zero-order chi connectivity index (χ0) is 25.6. The van der Waals surface area contributed by atoms with E-state index < -0.39 is 5.91 Å². The normalized spacial score (nSPS) is 11.2. The summed E-state index contributed by atoms with van der Waals surface area (Å²) in [5, 5.41) is 17.8. The van der Waals surface area contributed by atoms with Crippen molar-refractivity contribution in [1.29, 1.82) is 5.26 Å². The molecule has 6 nitrogen and oxygen atoms in total. The number of para-hydroxylation sites is 1. The third-order valence-corrected chi connectivity index (χ3v) is 6.66. The standard InChI is InChI=1S/C30H23N5OS/c1-21-12-14-22(15-13-21)16-27-19-32-30(37-27)33-29(36)24(18-31)17-25-20-35(26-10-6-3-7-11-26)34-28(25)23-8-4-2-5-9-23/h2-15,17,19-20H,16H2,1H3,(H,32,33,36)/b24-17+. The van der Waals surface area contributed by atoms with E-state index in [9.17, 15) is 10.1 Å². The number of benzene rings is 3. The number of hydrogen-bond acceptors (Lipinski definition) is 5. The van der Waals surface area contributed by atoms with Crippen molar-refractivity contribution in [1.82, 2.24) is 14.8 Å². The molecular formula is C30H23N5OS. The maximum atomic E-state index is 13.0. The molecule has 0 aliphatic heterocycles. The number of rotatable bonds is 7. The minimum absolute atomic E-state index is 0.0277. The summed E-state index contributed by atoms with van der Waals surface area (Å²) in [5.74, 6) is -0.509. The average Bonchev–Trinajstić information content (AvgIpc) is 3.56. The fourth-order valence-electron chi connectivity index (χ4n) is 3.85. The highest BCUT2D eigenvalue weighted by atomic mass is 32.1. The molecule has 0 saturated carbocycles. The van der Waals surface area contributed by atoms with Crippen LogP contribution in [-0.4, -0.2) is 20.7 Å². The van der Waals surface area contributed by atoms with E-state index in [1.807, 2.05) is 72.9 Å². The first-order valence-electron chi connectivity index (χ1n) is 11.7. The molecule has 0 unspecified atom stereocenters. The van der Waals surface area contributed by atoms with Crippen molar-refractivity contribution in [2.24, 2.45) is 0 Å². The Labute approximate surface area is 219 Å². The number of nitrogens with one attached hydrogen (secondary N) is 1. The van der Waals surface area contributed by atoms with Gasteiger partial charge in [-0.25, -0.2) is 9.67 Å². The molecule has 0 atom stereocenters. The first kappa shape index (κ1) is 23.9. The second kappa shape index (κ2) is 10.9. The Morgan fingerprint density at radius 2 is 1.73 bits per heavy atom. The van der Waals surface area contributed by atoms with Crippen LogP contribution in [0.5, 0.6) is 0 Å². The van der Waals surface area contributed by atoms with Crippen LogP contribution in [0.25, 0.3) is 23.0 Å². The van der Waals surface area contributed by atoms with Crippen LogP contribution in [0.2, 0.25) is 0 Å². The van der Waals surface area contributed by atoms with Gasteiger partial charge in [0.15, 0.2) is 5.13 Å². The molecule has 2 aromatic heterocycles. The Balaban J connectivity index is 1.40. The molecular weight excluding hydrogens is 478 g/mol. The van der Waals surface area contributed by atoms with Crippen LogP contribution in [0.3, 0.4) is 0 Å². The molecule has 7 heteroatoms. The molecule has 2 heterocycles. The van der Waals surface area contributed by atoms with Gasteiger partial charge in [-0.05, 0) is 30.7 Å². The molecule has 0 saturated heterocycles. The maximum Gasteiger partial charge on any atom is 0.268 e. The Morgan fingerprint density at radius 1 is 1.03 bits per heavy atom. The molecule has 1 N–H and O–H groups in total. The molecule has 0 aliphatic rings. The summed E-state index contributed by atoms with van der Waals surface area (Å²) in [6.45, 7) is 2.06. The second-order valence-corrected chi connectivity index (χ2v) is 9.61. The molecule has 0 spiro atoms. The Morgan fingerprint density at radius 3 is 2.43 bits per heavy atom. The quantitative estimate of drug-likeness (QED) is 0.205. The SMILES string of the molecule is Cc1ccc(Cc2cnc(NC(=O)/C(C#N)=C/c3cn(-c4ccccc4)nc3-c3ccccc3)s2)cc1. The van der Waals surface area contributed by atoms with Gasteiger partial charge in [-0.15, -0.1) is 11.3 Å². The van der Waals surface area contributed by atoms with Gasteiger partial charge in [0, 0.05) is 34.8 Å². The number of anilines is 1. The highest BCUT2D eigenvalue weighted by molar-refractivity contribution is 7.15. The van der Waals surface area contributed by atoms with E-state index in [0.717, 1.165) is 22.5 Å². The van der Waals surface area contributed by atoms with Crippen LogP contribution < -0.4 is 5.32 Å². The van der Waals surface area contributed by atoms with Crippen molar-refractivity contribution in [2.75, 3.05) is 5.32 Å². The predicted molar refractivity (Wildman–Crippen MR) is 147 cm³/mol. The van der Waals surface area contributed by atoms with Crippen LogP contribution in [0.1, 0.15) is 21.6 Å². The smallest absolute Gasteiger partial charge is 0.268 e. The predicted octanol–water partition coefficient (Wildman–Crippen LogP) is 6.44. The average molecular weight is 502 g/mol. The summed E-state index contributed by atoms with van der Waals surface area (Å²) in [7, 11) is 0. The Bertz CT molecular complexity index is 1590. The summed E-state index contributed by atoms with van der Waals surface area (Å²) in [4.78, 5) is 18.4. The zero-order valence-electron chi connectivity index (χ0n) is 20.1. The fourth-order valence-corrected chi connectivity index (χ4v) is 4.69. The number of nitrogens with zero attached hydrogens (tertiary/aromatic N) is 4. The highest BCUT2D eigenvalue weighted by Gasteiger charge is 2.16. The van der Waals surface area contributed by atoms with Crippen molar-refractivity contribution < 1.29 is 4.79 Å². The van der Waals surface area contributed by atoms with E-state index in [0.29, 0.717) is 16.4 Å². The Kier molecular flexibility index (Phi) is 7.02. The lowest BCUT2D eigenvalue weighted by atomic mass is 10.1. The van der Waals surface area contributed by atoms with Gasteiger partial charge in [-0.2, -0.15) is 10.4 Å². The third-order valence-electron chi connectivity index (χ3n) is 5.75. The largest absolute Gasteiger partial charge is 0.297 e. The number of carbonyl (C=O) groups excluding carboxylic acids is 1. The summed E-state index contributed by atoms with van der Waals surface area (Å²) >= 11 is 1.40. The van der Waals surface area contributed by atoms with Crippen LogP contribution in [-0.2, 0) is 11.2 Å². The Hall–Kier alpha value is -4.80. The van der Waals surface area contributed by atoms with E-state index in [1.54, 1.807) is 17.0 Å². The molecule has 180 valence electrons. The van der Waals surface area contributed by atoms with Crippen LogP contribution in [0, 0.1) is 18.3 Å². The van der Waals surface area contributed by atoms with Gasteiger partial charge in [0.2, 0.25) is 0 Å². The van der Waals surface area contributed by atoms with Crippen molar-refractivity contribution in [2.45, 2.75) is 13.3 Å². The first-order chi connectivity index (χ1) is 18.1. The minimum Gasteiger partial charge on any atom is -0.297 e. The molecule has 0 aliphatic carbocycles. The van der Waals surface area contributed by atoms with Gasteiger partial charge in [0.05, 0.1) is 11.4 Å². The van der Waals surface area contributed by atoms with E-state index in [-0.39, 0.29) is 5.57 Å². The lowest BCUT2D eigenvalue weighted by molar-refractivity contribution is -0.112. The summed E-state index contributed by atoms with van der Waals surface area (Å²) in [5.41, 5.74) is 5.48. The number of hydrogen-bond donors (Lipinski definition) is 1. The molecule has 0 bridgehead atoms.